The molecule has 1 aromatic carbocycles. The molecule has 0 spiro atoms. The van der Waals surface area contributed by atoms with Gasteiger partial charge in [0.05, 0.1) is 17.9 Å². The summed E-state index contributed by atoms with van der Waals surface area (Å²) in [5, 5.41) is 7.73. The standard InChI is InChI=1S/C15H15F3N4O3S/c1-9-21-12(22-25-9)7-26-11-5-3-2-4-10(11)14(24)19-6-13(23)20-8-15(16,17)18/h2-5H,6-8H2,1H3,(H,19,24)(H,20,23). The Kier molecular flexibility index (Phi) is 6.61. The molecule has 11 heteroatoms. The molecule has 140 valence electrons. The average molecular weight is 388 g/mol. The first-order valence-corrected chi connectivity index (χ1v) is 8.36. The molecular weight excluding hydrogens is 373 g/mol. The number of thioether (sulfide) groups is 1. The van der Waals surface area contributed by atoms with Crippen molar-refractivity contribution in [2.24, 2.45) is 0 Å². The van der Waals surface area contributed by atoms with E-state index in [2.05, 4.69) is 15.5 Å². The van der Waals surface area contributed by atoms with Gasteiger partial charge in [0.2, 0.25) is 11.8 Å². The third-order valence-electron chi connectivity index (χ3n) is 2.95. The van der Waals surface area contributed by atoms with Crippen molar-refractivity contribution < 1.29 is 27.3 Å². The van der Waals surface area contributed by atoms with Crippen molar-refractivity contribution >= 4 is 23.6 Å². The summed E-state index contributed by atoms with van der Waals surface area (Å²) in [6.07, 6.45) is -4.50. The summed E-state index contributed by atoms with van der Waals surface area (Å²) < 4.78 is 41.0. The second kappa shape index (κ2) is 8.70. The lowest BCUT2D eigenvalue weighted by molar-refractivity contribution is -0.137. The van der Waals surface area contributed by atoms with E-state index in [4.69, 9.17) is 4.52 Å². The van der Waals surface area contributed by atoms with Crippen LogP contribution in [0.25, 0.3) is 0 Å². The highest BCUT2D eigenvalue weighted by molar-refractivity contribution is 7.98. The second-order valence-electron chi connectivity index (χ2n) is 5.09. The van der Waals surface area contributed by atoms with Crippen molar-refractivity contribution in [3.05, 3.63) is 41.5 Å². The van der Waals surface area contributed by atoms with Crippen molar-refractivity contribution in [2.75, 3.05) is 13.1 Å². The highest BCUT2D eigenvalue weighted by Gasteiger charge is 2.27. The number of hydrogen-bond acceptors (Lipinski definition) is 6. The molecule has 0 atom stereocenters. The minimum absolute atomic E-state index is 0.293. The van der Waals surface area contributed by atoms with E-state index < -0.39 is 31.1 Å². The number of amides is 2. The maximum Gasteiger partial charge on any atom is 0.405 e. The van der Waals surface area contributed by atoms with Gasteiger partial charge in [0.1, 0.15) is 6.54 Å². The van der Waals surface area contributed by atoms with E-state index in [0.29, 0.717) is 27.9 Å². The van der Waals surface area contributed by atoms with Crippen LogP contribution in [-0.2, 0) is 10.5 Å². The van der Waals surface area contributed by atoms with Crippen LogP contribution in [0.4, 0.5) is 13.2 Å². The number of aromatic nitrogens is 2. The van der Waals surface area contributed by atoms with Crippen LogP contribution in [0.5, 0.6) is 0 Å². The van der Waals surface area contributed by atoms with E-state index in [9.17, 15) is 22.8 Å². The van der Waals surface area contributed by atoms with Crippen LogP contribution in [0.15, 0.2) is 33.7 Å². The number of carbonyl (C=O) groups excluding carboxylic acids is 2. The lowest BCUT2D eigenvalue weighted by Gasteiger charge is -2.10. The second-order valence-corrected chi connectivity index (χ2v) is 6.11. The van der Waals surface area contributed by atoms with Gasteiger partial charge < -0.3 is 15.2 Å². The Morgan fingerprint density at radius 1 is 1.23 bits per heavy atom. The molecule has 0 aliphatic rings. The molecule has 0 aliphatic heterocycles. The molecule has 0 unspecified atom stereocenters. The maximum atomic E-state index is 12.2. The number of carbonyl (C=O) groups is 2. The van der Waals surface area contributed by atoms with Crippen LogP contribution in [0.1, 0.15) is 22.1 Å². The van der Waals surface area contributed by atoms with Crippen LogP contribution < -0.4 is 10.6 Å². The Bertz CT molecular complexity index is 779. The predicted octanol–water partition coefficient (Wildman–Crippen LogP) is 2.08. The fourth-order valence-corrected chi connectivity index (χ4v) is 2.73. The zero-order valence-electron chi connectivity index (χ0n) is 13.6. The van der Waals surface area contributed by atoms with Crippen molar-refractivity contribution in [3.63, 3.8) is 0 Å². The number of hydrogen-bond donors (Lipinski definition) is 2. The van der Waals surface area contributed by atoms with Crippen LogP contribution in [-0.4, -0.2) is 41.2 Å². The Morgan fingerprint density at radius 2 is 1.96 bits per heavy atom. The molecule has 0 bridgehead atoms. The third-order valence-corrected chi connectivity index (χ3v) is 4.02. The van der Waals surface area contributed by atoms with Gasteiger partial charge in [0.25, 0.3) is 5.91 Å². The summed E-state index contributed by atoms with van der Waals surface area (Å²) in [5.74, 6) is -0.235. The van der Waals surface area contributed by atoms with E-state index in [-0.39, 0.29) is 0 Å². The van der Waals surface area contributed by atoms with Crippen molar-refractivity contribution in [1.82, 2.24) is 20.8 Å². The van der Waals surface area contributed by atoms with Crippen molar-refractivity contribution in [2.45, 2.75) is 23.7 Å². The summed E-state index contributed by atoms with van der Waals surface area (Å²) in [4.78, 5) is 28.2. The van der Waals surface area contributed by atoms with Gasteiger partial charge >= 0.3 is 6.18 Å². The molecule has 2 N–H and O–H groups in total. The zero-order valence-corrected chi connectivity index (χ0v) is 14.4. The molecule has 2 amide bonds. The fourth-order valence-electron chi connectivity index (χ4n) is 1.84. The van der Waals surface area contributed by atoms with Gasteiger partial charge in [-0.2, -0.15) is 18.2 Å². The van der Waals surface area contributed by atoms with Gasteiger partial charge in [-0.15, -0.1) is 11.8 Å². The first kappa shape index (κ1) is 19.8. The quantitative estimate of drug-likeness (QED) is 0.705. The van der Waals surface area contributed by atoms with Crippen LogP contribution in [0, 0.1) is 6.92 Å². The Hall–Kier alpha value is -2.56. The number of benzene rings is 1. The van der Waals surface area contributed by atoms with E-state index in [0.717, 1.165) is 0 Å². The minimum Gasteiger partial charge on any atom is -0.345 e. The van der Waals surface area contributed by atoms with E-state index in [1.165, 1.54) is 11.8 Å². The first-order chi connectivity index (χ1) is 12.2. The highest BCUT2D eigenvalue weighted by Crippen LogP contribution is 2.25. The van der Waals surface area contributed by atoms with Gasteiger partial charge in [0.15, 0.2) is 5.82 Å². The largest absolute Gasteiger partial charge is 0.405 e. The predicted molar refractivity (Wildman–Crippen MR) is 86.4 cm³/mol. The first-order valence-electron chi connectivity index (χ1n) is 7.37. The van der Waals surface area contributed by atoms with Crippen molar-refractivity contribution in [1.29, 1.82) is 0 Å². The Morgan fingerprint density at radius 3 is 2.62 bits per heavy atom. The number of nitrogens with zero attached hydrogens (tertiary/aromatic N) is 2. The van der Waals surface area contributed by atoms with Crippen LogP contribution >= 0.6 is 11.8 Å². The van der Waals surface area contributed by atoms with Gasteiger partial charge in [-0.3, -0.25) is 9.59 Å². The molecule has 0 aliphatic carbocycles. The Labute approximate surface area is 150 Å². The molecule has 0 saturated heterocycles. The lowest BCUT2D eigenvalue weighted by atomic mass is 10.2. The monoisotopic (exact) mass is 388 g/mol. The average Bonchev–Trinajstić information content (AvgIpc) is 3.01. The van der Waals surface area contributed by atoms with Gasteiger partial charge in [-0.05, 0) is 12.1 Å². The summed E-state index contributed by atoms with van der Waals surface area (Å²) in [6.45, 7) is -0.345. The number of rotatable bonds is 7. The molecule has 0 saturated carbocycles. The summed E-state index contributed by atoms with van der Waals surface area (Å²) in [7, 11) is 0. The number of alkyl halides is 3. The van der Waals surface area contributed by atoms with Crippen LogP contribution in [0.2, 0.25) is 0 Å². The molecule has 26 heavy (non-hydrogen) atoms. The van der Waals surface area contributed by atoms with Crippen molar-refractivity contribution in [3.8, 4) is 0 Å². The maximum absolute atomic E-state index is 12.2. The molecule has 1 aromatic heterocycles. The third kappa shape index (κ3) is 6.39. The van der Waals surface area contributed by atoms with Gasteiger partial charge in [-0.1, -0.05) is 17.3 Å². The van der Waals surface area contributed by atoms with E-state index >= 15 is 0 Å². The zero-order chi connectivity index (χ0) is 19.2. The molecule has 0 radical (unpaired) electrons. The van der Waals surface area contributed by atoms with Crippen LogP contribution in [0.3, 0.4) is 0 Å². The minimum atomic E-state index is -4.50. The summed E-state index contributed by atoms with van der Waals surface area (Å²) in [5.41, 5.74) is 0.293. The number of nitrogens with one attached hydrogen (secondary N) is 2. The van der Waals surface area contributed by atoms with Gasteiger partial charge in [-0.25, -0.2) is 0 Å². The Balaban J connectivity index is 1.91. The molecule has 7 nitrogen and oxygen atoms in total. The summed E-state index contributed by atoms with van der Waals surface area (Å²) in [6, 6.07) is 6.63. The van der Waals surface area contributed by atoms with E-state index in [1.54, 1.807) is 36.5 Å². The molecule has 1 heterocycles. The molecular formula is C15H15F3N4O3S. The fraction of sp³-hybridized carbons (Fsp3) is 0.333. The number of aryl methyl sites for hydroxylation is 1. The normalized spacial score (nSPS) is 11.2. The van der Waals surface area contributed by atoms with Gasteiger partial charge in [0, 0.05) is 11.8 Å². The molecule has 2 aromatic rings. The number of halogens is 3. The topological polar surface area (TPSA) is 97.1 Å². The highest BCUT2D eigenvalue weighted by atomic mass is 32.2. The molecule has 0 fully saturated rings. The van der Waals surface area contributed by atoms with E-state index in [1.807, 2.05) is 0 Å². The lowest BCUT2D eigenvalue weighted by Crippen LogP contribution is -2.41. The smallest absolute Gasteiger partial charge is 0.345 e. The molecule has 2 rings (SSSR count). The SMILES string of the molecule is Cc1nc(CSc2ccccc2C(=O)NCC(=O)NCC(F)(F)F)no1. The summed E-state index contributed by atoms with van der Waals surface area (Å²) >= 11 is 1.29.